The van der Waals surface area contributed by atoms with E-state index in [4.69, 9.17) is 4.74 Å². The molecule has 0 spiro atoms. The Morgan fingerprint density at radius 2 is 1.97 bits per heavy atom. The van der Waals surface area contributed by atoms with E-state index in [0.717, 1.165) is 69.6 Å². The Balaban J connectivity index is 1.21. The van der Waals surface area contributed by atoms with Crippen molar-refractivity contribution in [2.45, 2.75) is 6.10 Å². The average Bonchev–Trinajstić information content (AvgIpc) is 3.24. The highest BCUT2D eigenvalue weighted by atomic mass is 19.1. The number of anilines is 1. The lowest BCUT2D eigenvalue weighted by molar-refractivity contribution is -0.00805. The molecule has 2 aromatic rings. The molecule has 0 radical (unpaired) electrons. The average molecular weight is 430 g/mol. The molecule has 9 heteroatoms. The van der Waals surface area contributed by atoms with Crippen LogP contribution in [0.15, 0.2) is 41.7 Å². The van der Waals surface area contributed by atoms with Crippen LogP contribution in [-0.2, 0) is 11.8 Å². The number of ether oxygens (including phenoxy) is 1. The van der Waals surface area contributed by atoms with Crippen LogP contribution >= 0.6 is 0 Å². The number of hydrogen-bond donors (Lipinski definition) is 1. The molecule has 0 amide bonds. The number of aliphatic imine (C=N–C) groups is 1. The normalized spacial score (nSPS) is 20.9. The largest absolute Gasteiger partial charge is 0.370 e. The number of benzene rings is 1. The fourth-order valence-electron chi connectivity index (χ4n) is 4.19. The summed E-state index contributed by atoms with van der Waals surface area (Å²) in [4.78, 5) is 11.5. The van der Waals surface area contributed by atoms with E-state index in [2.05, 4.69) is 30.1 Å². The molecule has 2 fully saturated rings. The van der Waals surface area contributed by atoms with Gasteiger partial charge in [0.2, 0.25) is 0 Å². The molecule has 2 saturated heterocycles. The Kier molecular flexibility index (Phi) is 7.03. The van der Waals surface area contributed by atoms with Crippen molar-refractivity contribution >= 4 is 11.6 Å². The van der Waals surface area contributed by atoms with Crippen molar-refractivity contribution in [2.75, 3.05) is 70.9 Å². The van der Waals surface area contributed by atoms with E-state index in [1.807, 2.05) is 38.6 Å². The Morgan fingerprint density at radius 1 is 1.19 bits per heavy atom. The SMILES string of the molecule is CN=C(NCCN1CCN(c2ccc(F)cc2)CC1)N1CCOC(c2cnn(C)c2)C1. The Hall–Kier alpha value is -2.65. The van der Waals surface area contributed by atoms with Gasteiger partial charge in [-0.2, -0.15) is 5.10 Å². The first-order valence-electron chi connectivity index (χ1n) is 10.9. The van der Waals surface area contributed by atoms with E-state index in [1.54, 1.807) is 4.68 Å². The molecule has 4 rings (SSSR count). The number of nitrogens with one attached hydrogen (secondary N) is 1. The number of hydrogen-bond acceptors (Lipinski definition) is 5. The zero-order valence-electron chi connectivity index (χ0n) is 18.4. The Bertz CT molecular complexity index is 861. The summed E-state index contributed by atoms with van der Waals surface area (Å²) in [7, 11) is 3.75. The summed E-state index contributed by atoms with van der Waals surface area (Å²) in [5, 5.41) is 7.77. The molecule has 0 saturated carbocycles. The van der Waals surface area contributed by atoms with Gasteiger partial charge in [-0.15, -0.1) is 0 Å². The monoisotopic (exact) mass is 429 g/mol. The summed E-state index contributed by atoms with van der Waals surface area (Å²) in [5.41, 5.74) is 2.19. The molecule has 1 unspecified atom stereocenters. The molecule has 3 heterocycles. The van der Waals surface area contributed by atoms with Gasteiger partial charge in [0.25, 0.3) is 0 Å². The third kappa shape index (κ3) is 5.54. The van der Waals surface area contributed by atoms with Crippen LogP contribution in [0.1, 0.15) is 11.7 Å². The number of nitrogens with zero attached hydrogens (tertiary/aromatic N) is 6. The van der Waals surface area contributed by atoms with Crippen molar-refractivity contribution in [1.29, 1.82) is 0 Å². The maximum absolute atomic E-state index is 13.1. The minimum absolute atomic E-state index is 0.0144. The van der Waals surface area contributed by atoms with Crippen LogP contribution < -0.4 is 10.2 Å². The molecular formula is C22H32FN7O. The highest BCUT2D eigenvalue weighted by Crippen LogP contribution is 2.21. The number of guanidine groups is 1. The predicted octanol–water partition coefficient (Wildman–Crippen LogP) is 1.33. The molecule has 0 aliphatic carbocycles. The fourth-order valence-corrected chi connectivity index (χ4v) is 4.19. The second-order valence-electron chi connectivity index (χ2n) is 8.03. The highest BCUT2D eigenvalue weighted by molar-refractivity contribution is 5.80. The van der Waals surface area contributed by atoms with E-state index in [-0.39, 0.29) is 11.9 Å². The van der Waals surface area contributed by atoms with Crippen molar-refractivity contribution in [1.82, 2.24) is 24.9 Å². The van der Waals surface area contributed by atoms with Gasteiger partial charge in [0, 0.05) is 77.4 Å². The maximum Gasteiger partial charge on any atom is 0.193 e. The van der Waals surface area contributed by atoms with Gasteiger partial charge >= 0.3 is 0 Å². The van der Waals surface area contributed by atoms with Crippen LogP contribution in [-0.4, -0.2) is 91.6 Å². The lowest BCUT2D eigenvalue weighted by atomic mass is 10.1. The molecule has 1 atom stereocenters. The number of piperazine rings is 1. The summed E-state index contributed by atoms with van der Waals surface area (Å²) in [6.45, 7) is 7.98. The molecule has 2 aliphatic heterocycles. The zero-order chi connectivity index (χ0) is 21.6. The van der Waals surface area contributed by atoms with E-state index >= 15 is 0 Å². The molecule has 1 aromatic heterocycles. The summed E-state index contributed by atoms with van der Waals surface area (Å²) < 4.78 is 20.9. The van der Waals surface area contributed by atoms with Gasteiger partial charge in [-0.25, -0.2) is 4.39 Å². The van der Waals surface area contributed by atoms with Crippen molar-refractivity contribution in [3.05, 3.63) is 48.0 Å². The van der Waals surface area contributed by atoms with Gasteiger partial charge in [-0.05, 0) is 24.3 Å². The standard InChI is InChI=1S/C22H32FN7O/c1-24-22(30-13-14-31-21(17-30)18-15-26-27(2)16-18)25-7-8-28-9-11-29(12-10-28)20-5-3-19(23)4-6-20/h3-6,15-16,21H,7-14,17H2,1-2H3,(H,24,25). The Labute approximate surface area is 183 Å². The van der Waals surface area contributed by atoms with Crippen LogP contribution in [0.4, 0.5) is 10.1 Å². The Morgan fingerprint density at radius 3 is 2.65 bits per heavy atom. The number of morpholine rings is 1. The number of rotatable bonds is 5. The van der Waals surface area contributed by atoms with Crippen LogP contribution in [0.5, 0.6) is 0 Å². The first-order chi connectivity index (χ1) is 15.1. The van der Waals surface area contributed by atoms with E-state index < -0.39 is 0 Å². The quantitative estimate of drug-likeness (QED) is 0.572. The van der Waals surface area contributed by atoms with Crippen molar-refractivity contribution < 1.29 is 9.13 Å². The topological polar surface area (TPSA) is 61.2 Å². The highest BCUT2D eigenvalue weighted by Gasteiger charge is 2.25. The minimum atomic E-state index is -0.186. The molecule has 2 aliphatic rings. The molecule has 168 valence electrons. The molecule has 0 bridgehead atoms. The van der Waals surface area contributed by atoms with Crippen molar-refractivity contribution in [2.24, 2.45) is 12.0 Å². The molecule has 8 nitrogen and oxygen atoms in total. The van der Waals surface area contributed by atoms with Gasteiger partial charge in [-0.3, -0.25) is 14.6 Å². The second-order valence-corrected chi connectivity index (χ2v) is 8.03. The molecule has 1 N–H and O–H groups in total. The van der Waals surface area contributed by atoms with Gasteiger partial charge in [0.05, 0.1) is 19.3 Å². The lowest BCUT2D eigenvalue weighted by Gasteiger charge is -2.37. The summed E-state index contributed by atoms with van der Waals surface area (Å²) in [6, 6.07) is 6.78. The van der Waals surface area contributed by atoms with Gasteiger partial charge in [0.1, 0.15) is 11.9 Å². The van der Waals surface area contributed by atoms with Crippen LogP contribution in [0.3, 0.4) is 0 Å². The van der Waals surface area contributed by atoms with Crippen LogP contribution in [0, 0.1) is 5.82 Å². The molecule has 31 heavy (non-hydrogen) atoms. The number of aromatic nitrogens is 2. The minimum Gasteiger partial charge on any atom is -0.370 e. The molecule has 1 aromatic carbocycles. The smallest absolute Gasteiger partial charge is 0.193 e. The van der Waals surface area contributed by atoms with Gasteiger partial charge in [0.15, 0.2) is 5.96 Å². The second kappa shape index (κ2) is 10.1. The van der Waals surface area contributed by atoms with Gasteiger partial charge < -0.3 is 19.9 Å². The lowest BCUT2D eigenvalue weighted by Crippen LogP contribution is -2.51. The van der Waals surface area contributed by atoms with Gasteiger partial charge in [-0.1, -0.05) is 0 Å². The van der Waals surface area contributed by atoms with Crippen molar-refractivity contribution in [3.8, 4) is 0 Å². The van der Waals surface area contributed by atoms with Crippen molar-refractivity contribution in [3.63, 3.8) is 0 Å². The number of aryl methyl sites for hydroxylation is 1. The summed E-state index contributed by atoms with van der Waals surface area (Å²) in [6.07, 6.45) is 3.90. The van der Waals surface area contributed by atoms with Crippen LogP contribution in [0.2, 0.25) is 0 Å². The predicted molar refractivity (Wildman–Crippen MR) is 120 cm³/mol. The summed E-state index contributed by atoms with van der Waals surface area (Å²) >= 11 is 0. The third-order valence-electron chi connectivity index (χ3n) is 5.95. The van der Waals surface area contributed by atoms with E-state index in [0.29, 0.717) is 6.61 Å². The number of halogens is 1. The van der Waals surface area contributed by atoms with Crippen LogP contribution in [0.25, 0.3) is 0 Å². The third-order valence-corrected chi connectivity index (χ3v) is 5.95. The van der Waals surface area contributed by atoms with E-state index in [9.17, 15) is 4.39 Å². The maximum atomic E-state index is 13.1. The first kappa shape index (κ1) is 21.6. The zero-order valence-corrected chi connectivity index (χ0v) is 18.4. The molecular weight excluding hydrogens is 397 g/mol. The fraction of sp³-hybridized carbons (Fsp3) is 0.545. The van der Waals surface area contributed by atoms with E-state index in [1.165, 1.54) is 12.1 Å². The summed E-state index contributed by atoms with van der Waals surface area (Å²) in [5.74, 6) is 0.732. The first-order valence-corrected chi connectivity index (χ1v) is 10.9.